The summed E-state index contributed by atoms with van der Waals surface area (Å²) in [6.07, 6.45) is 12.6. The van der Waals surface area contributed by atoms with Crippen LogP contribution in [-0.2, 0) is 6.42 Å². The zero-order chi connectivity index (χ0) is 22.1. The van der Waals surface area contributed by atoms with E-state index in [2.05, 4.69) is 17.1 Å². The lowest BCUT2D eigenvalue weighted by molar-refractivity contribution is 0.0371. The van der Waals surface area contributed by atoms with Crippen LogP contribution in [0.3, 0.4) is 0 Å². The summed E-state index contributed by atoms with van der Waals surface area (Å²) in [5.41, 5.74) is 8.73. The van der Waals surface area contributed by atoms with Gasteiger partial charge in [0.25, 0.3) is 5.56 Å². The molecule has 5 heteroatoms. The second kappa shape index (κ2) is 8.82. The minimum absolute atomic E-state index is 0.129. The highest BCUT2D eigenvalue weighted by atomic mass is 35.5. The van der Waals surface area contributed by atoms with Crippen molar-refractivity contribution < 1.29 is 4.74 Å². The molecule has 5 rings (SSSR count). The van der Waals surface area contributed by atoms with Crippen LogP contribution in [0.4, 0.5) is 5.69 Å². The number of benzene rings is 2. The van der Waals surface area contributed by atoms with Gasteiger partial charge in [-0.2, -0.15) is 0 Å². The molecule has 4 nitrogen and oxygen atoms in total. The average molecular weight is 451 g/mol. The quantitative estimate of drug-likeness (QED) is 0.435. The maximum atomic E-state index is 12.0. The van der Waals surface area contributed by atoms with Gasteiger partial charge in [-0.05, 0) is 91.5 Å². The number of aromatic amines is 1. The third-order valence-corrected chi connectivity index (χ3v) is 8.16. The molecule has 2 aromatic carbocycles. The van der Waals surface area contributed by atoms with Crippen LogP contribution >= 0.6 is 11.6 Å². The van der Waals surface area contributed by atoms with Gasteiger partial charge >= 0.3 is 0 Å². The summed E-state index contributed by atoms with van der Waals surface area (Å²) in [6, 6.07) is 13.9. The number of hydrogen-bond donors (Lipinski definition) is 2. The lowest BCUT2D eigenvalue weighted by Crippen LogP contribution is -2.39. The number of para-hydroxylation sites is 1. The van der Waals surface area contributed by atoms with Crippen molar-refractivity contribution in [2.24, 2.45) is 11.3 Å². The number of nitrogens with two attached hydrogens (primary N) is 1. The molecule has 3 aromatic rings. The van der Waals surface area contributed by atoms with E-state index in [9.17, 15) is 4.79 Å². The fourth-order valence-electron chi connectivity index (χ4n) is 6.08. The summed E-state index contributed by atoms with van der Waals surface area (Å²) >= 11 is 6.49. The van der Waals surface area contributed by atoms with Crippen molar-refractivity contribution in [1.82, 2.24) is 4.98 Å². The van der Waals surface area contributed by atoms with Gasteiger partial charge in [0.05, 0.1) is 11.1 Å². The fraction of sp³-hybridized carbons (Fsp3) is 0.444. The average Bonchev–Trinajstić information content (AvgIpc) is 3.34. The smallest absolute Gasteiger partial charge is 0.255 e. The molecule has 2 aliphatic carbocycles. The maximum Gasteiger partial charge on any atom is 0.255 e. The number of halogens is 1. The lowest BCUT2D eigenvalue weighted by atomic mass is 9.61. The van der Waals surface area contributed by atoms with E-state index in [0.717, 1.165) is 49.1 Å². The molecule has 2 aliphatic rings. The van der Waals surface area contributed by atoms with Gasteiger partial charge in [0, 0.05) is 17.3 Å². The van der Waals surface area contributed by atoms with E-state index < -0.39 is 0 Å². The molecule has 0 bridgehead atoms. The molecule has 0 unspecified atom stereocenters. The predicted molar refractivity (Wildman–Crippen MR) is 131 cm³/mol. The Bertz CT molecular complexity index is 1160. The van der Waals surface area contributed by atoms with Gasteiger partial charge in [-0.15, -0.1) is 0 Å². The van der Waals surface area contributed by atoms with E-state index in [1.807, 2.05) is 24.3 Å². The van der Waals surface area contributed by atoms with Crippen LogP contribution in [0.1, 0.15) is 56.9 Å². The monoisotopic (exact) mass is 450 g/mol. The summed E-state index contributed by atoms with van der Waals surface area (Å²) in [5, 5.41) is 1.94. The van der Waals surface area contributed by atoms with E-state index in [4.69, 9.17) is 22.1 Å². The van der Waals surface area contributed by atoms with Gasteiger partial charge in [0.1, 0.15) is 5.75 Å². The van der Waals surface area contributed by atoms with Crippen LogP contribution < -0.4 is 16.0 Å². The first-order chi connectivity index (χ1) is 15.5. The lowest BCUT2D eigenvalue weighted by Gasteiger charge is -2.45. The third kappa shape index (κ3) is 4.13. The second-order valence-electron chi connectivity index (χ2n) is 9.71. The molecule has 168 valence electrons. The van der Waals surface area contributed by atoms with E-state index >= 15 is 0 Å². The Balaban J connectivity index is 1.34. The van der Waals surface area contributed by atoms with Crippen LogP contribution in [0.2, 0.25) is 5.02 Å². The number of nitrogen functional groups attached to an aromatic ring is 1. The van der Waals surface area contributed by atoms with Gasteiger partial charge in [-0.3, -0.25) is 4.79 Å². The number of H-pyrrole nitrogens is 1. The van der Waals surface area contributed by atoms with Crippen LogP contribution in [-0.4, -0.2) is 11.1 Å². The number of aromatic nitrogens is 1. The molecule has 0 radical (unpaired) electrons. The minimum atomic E-state index is -0.129. The van der Waals surface area contributed by atoms with Crippen molar-refractivity contribution in [2.45, 2.75) is 63.9 Å². The van der Waals surface area contributed by atoms with Crippen molar-refractivity contribution >= 4 is 28.1 Å². The summed E-state index contributed by atoms with van der Waals surface area (Å²) in [4.78, 5) is 14.7. The van der Waals surface area contributed by atoms with Gasteiger partial charge in [0.15, 0.2) is 0 Å². The molecule has 3 N–H and O–H groups in total. The van der Waals surface area contributed by atoms with E-state index in [0.29, 0.717) is 21.6 Å². The highest BCUT2D eigenvalue weighted by Crippen LogP contribution is 2.52. The largest absolute Gasteiger partial charge is 0.489 e. The van der Waals surface area contributed by atoms with Crippen molar-refractivity contribution in [3.63, 3.8) is 0 Å². The molecule has 1 heterocycles. The SMILES string of the molecule is Nc1ccccc1CC1(C2CCCC2)CCC(Oc2cc3cc[nH]c(=O)c3cc2Cl)CC1. The fourth-order valence-corrected chi connectivity index (χ4v) is 6.29. The highest BCUT2D eigenvalue weighted by Gasteiger charge is 2.43. The normalized spacial score (nSPS) is 24.1. The molecule has 0 spiro atoms. The number of rotatable bonds is 5. The van der Waals surface area contributed by atoms with Crippen molar-refractivity contribution in [2.75, 3.05) is 5.73 Å². The second-order valence-corrected chi connectivity index (χ2v) is 10.1. The first-order valence-electron chi connectivity index (χ1n) is 11.9. The Morgan fingerprint density at radius 2 is 1.81 bits per heavy atom. The Morgan fingerprint density at radius 3 is 2.56 bits per heavy atom. The van der Waals surface area contributed by atoms with Crippen molar-refractivity contribution in [3.05, 3.63) is 69.6 Å². The van der Waals surface area contributed by atoms with Crippen LogP contribution in [0.25, 0.3) is 10.8 Å². The van der Waals surface area contributed by atoms with E-state index in [1.165, 1.54) is 31.2 Å². The number of hydrogen-bond acceptors (Lipinski definition) is 3. The summed E-state index contributed by atoms with van der Waals surface area (Å²) in [6.45, 7) is 0. The van der Waals surface area contributed by atoms with E-state index in [1.54, 1.807) is 12.3 Å². The molecule has 2 fully saturated rings. The summed E-state index contributed by atoms with van der Waals surface area (Å²) in [7, 11) is 0. The van der Waals surface area contributed by atoms with Gasteiger partial charge in [-0.25, -0.2) is 0 Å². The predicted octanol–water partition coefficient (Wildman–Crippen LogP) is 6.50. The minimum Gasteiger partial charge on any atom is -0.489 e. The van der Waals surface area contributed by atoms with Gasteiger partial charge in [-0.1, -0.05) is 42.6 Å². The Kier molecular flexibility index (Phi) is 5.90. The van der Waals surface area contributed by atoms with Crippen LogP contribution in [0.15, 0.2) is 53.5 Å². The summed E-state index contributed by atoms with van der Waals surface area (Å²) in [5.74, 6) is 1.45. The Hall–Kier alpha value is -2.46. The molecule has 1 aromatic heterocycles. The number of pyridine rings is 1. The third-order valence-electron chi connectivity index (χ3n) is 7.87. The summed E-state index contributed by atoms with van der Waals surface area (Å²) < 4.78 is 6.40. The van der Waals surface area contributed by atoms with Crippen LogP contribution in [0.5, 0.6) is 5.75 Å². The van der Waals surface area contributed by atoms with Gasteiger partial charge in [0.2, 0.25) is 0 Å². The van der Waals surface area contributed by atoms with Crippen LogP contribution in [0, 0.1) is 11.3 Å². The van der Waals surface area contributed by atoms with Crippen molar-refractivity contribution in [1.29, 1.82) is 0 Å². The molecule has 2 saturated carbocycles. The van der Waals surface area contributed by atoms with Crippen molar-refractivity contribution in [3.8, 4) is 5.75 Å². The first-order valence-corrected chi connectivity index (χ1v) is 12.2. The number of anilines is 1. The number of nitrogens with one attached hydrogen (secondary N) is 1. The molecule has 0 amide bonds. The first kappa shape index (κ1) is 21.4. The standard InChI is InChI=1S/C27H31ClN2O2/c28-23-16-22-18(11-14-30-26(22)31)15-25(23)32-21-9-12-27(13-10-21,20-6-2-3-7-20)17-19-5-1-4-8-24(19)29/h1,4-5,8,11,14-16,20-21H,2-3,6-7,9-10,12-13,17,29H2,(H,30,31). The topological polar surface area (TPSA) is 68.1 Å². The number of ether oxygens (including phenoxy) is 1. The highest BCUT2D eigenvalue weighted by molar-refractivity contribution is 6.32. The molecular formula is C27H31ClN2O2. The molecule has 32 heavy (non-hydrogen) atoms. The zero-order valence-corrected chi connectivity index (χ0v) is 19.2. The molecule has 0 atom stereocenters. The molecular weight excluding hydrogens is 420 g/mol. The molecule has 0 saturated heterocycles. The molecule has 0 aliphatic heterocycles. The Labute approximate surface area is 194 Å². The zero-order valence-electron chi connectivity index (χ0n) is 18.4. The Morgan fingerprint density at radius 1 is 1.06 bits per heavy atom. The number of fused-ring (bicyclic) bond motifs is 1. The maximum absolute atomic E-state index is 12.0. The van der Waals surface area contributed by atoms with E-state index in [-0.39, 0.29) is 11.7 Å². The van der Waals surface area contributed by atoms with Gasteiger partial charge < -0.3 is 15.5 Å².